The van der Waals surface area contributed by atoms with Crippen LogP contribution in [0, 0.1) is 0 Å². The highest BCUT2D eigenvalue weighted by Crippen LogP contribution is 2.28. The number of carbonyl (C=O) groups is 2. The number of fused-ring (bicyclic) bond motifs is 1. The van der Waals surface area contributed by atoms with Crippen LogP contribution in [-0.4, -0.2) is 43.4 Å². The zero-order chi connectivity index (χ0) is 18.7. The second-order valence-corrected chi connectivity index (χ2v) is 6.74. The highest BCUT2D eigenvalue weighted by molar-refractivity contribution is 5.98. The number of nitrogens with zero attached hydrogens (tertiary/aromatic N) is 2. The number of hydrogen-bond acceptors (Lipinski definition) is 3. The van der Waals surface area contributed by atoms with Crippen molar-refractivity contribution in [1.82, 2.24) is 10.2 Å². The highest BCUT2D eigenvalue weighted by Gasteiger charge is 2.29. The first kappa shape index (κ1) is 18.1. The van der Waals surface area contributed by atoms with Gasteiger partial charge in [-0.05, 0) is 49.7 Å². The average Bonchev–Trinajstić information content (AvgIpc) is 3.10. The van der Waals surface area contributed by atoms with Gasteiger partial charge in [0.15, 0.2) is 0 Å². The first-order valence-corrected chi connectivity index (χ1v) is 8.92. The molecular formula is C21H25N3O2. The van der Waals surface area contributed by atoms with Crippen LogP contribution < -0.4 is 10.2 Å². The zero-order valence-electron chi connectivity index (χ0n) is 15.5. The predicted octanol–water partition coefficient (Wildman–Crippen LogP) is 2.46. The molecule has 2 amide bonds. The Kier molecular flexibility index (Phi) is 5.38. The van der Waals surface area contributed by atoms with Gasteiger partial charge in [0, 0.05) is 31.4 Å². The zero-order valence-corrected chi connectivity index (χ0v) is 15.5. The van der Waals surface area contributed by atoms with E-state index in [1.54, 1.807) is 7.05 Å². The number of likely N-dealkylation sites (N-methyl/N-ethyl adjacent to an activating group) is 1. The number of nitrogens with one attached hydrogen (secondary N) is 1. The van der Waals surface area contributed by atoms with Gasteiger partial charge in [0.25, 0.3) is 5.91 Å². The van der Waals surface area contributed by atoms with Crippen molar-refractivity contribution in [2.24, 2.45) is 0 Å². The highest BCUT2D eigenvalue weighted by atomic mass is 16.2. The molecule has 5 heteroatoms. The average molecular weight is 351 g/mol. The fourth-order valence-corrected chi connectivity index (χ4v) is 3.31. The Bertz CT molecular complexity index is 801. The molecule has 5 nitrogen and oxygen atoms in total. The molecule has 0 aromatic heterocycles. The second kappa shape index (κ2) is 7.70. The van der Waals surface area contributed by atoms with Crippen molar-refractivity contribution in [3.05, 3.63) is 65.2 Å². The fraction of sp³-hybridized carbons (Fsp3) is 0.333. The molecule has 0 radical (unpaired) electrons. The van der Waals surface area contributed by atoms with Crippen molar-refractivity contribution in [1.29, 1.82) is 0 Å². The third kappa shape index (κ3) is 3.63. The molecular weight excluding hydrogens is 326 g/mol. The van der Waals surface area contributed by atoms with Crippen molar-refractivity contribution in [3.63, 3.8) is 0 Å². The molecule has 3 rings (SSSR count). The molecule has 1 aliphatic rings. The number of hydrogen-bond donors (Lipinski definition) is 1. The molecule has 0 saturated heterocycles. The van der Waals surface area contributed by atoms with E-state index in [1.807, 2.05) is 66.2 Å². The molecule has 1 aliphatic heterocycles. The van der Waals surface area contributed by atoms with Crippen molar-refractivity contribution in [3.8, 4) is 0 Å². The van der Waals surface area contributed by atoms with Gasteiger partial charge >= 0.3 is 0 Å². The van der Waals surface area contributed by atoms with E-state index in [2.05, 4.69) is 11.4 Å². The summed E-state index contributed by atoms with van der Waals surface area (Å²) < 4.78 is 0. The van der Waals surface area contributed by atoms with Crippen LogP contribution >= 0.6 is 0 Å². The van der Waals surface area contributed by atoms with Gasteiger partial charge in [0.2, 0.25) is 5.91 Å². The lowest BCUT2D eigenvalue weighted by Crippen LogP contribution is -2.45. The van der Waals surface area contributed by atoms with Crippen LogP contribution in [0.15, 0.2) is 48.5 Å². The Morgan fingerprint density at radius 3 is 2.54 bits per heavy atom. The normalized spacial score (nSPS) is 14.2. The standard InChI is InChI=1S/C21H25N3O2/c1-15(21(26)24-13-12-17-6-4-5-7-19(17)24)23(3)14-16-8-10-18(11-9-16)20(25)22-2/h4-11,15H,12-14H2,1-3H3,(H,22,25). The summed E-state index contributed by atoms with van der Waals surface area (Å²) in [7, 11) is 3.57. The maximum absolute atomic E-state index is 13.0. The van der Waals surface area contributed by atoms with Crippen LogP contribution in [0.2, 0.25) is 0 Å². The smallest absolute Gasteiger partial charge is 0.251 e. The monoisotopic (exact) mass is 351 g/mol. The molecule has 0 aliphatic carbocycles. The van der Waals surface area contributed by atoms with E-state index >= 15 is 0 Å². The molecule has 1 N–H and O–H groups in total. The van der Waals surface area contributed by atoms with E-state index < -0.39 is 0 Å². The molecule has 1 atom stereocenters. The van der Waals surface area contributed by atoms with Crippen molar-refractivity contribution >= 4 is 17.5 Å². The predicted molar refractivity (Wildman–Crippen MR) is 103 cm³/mol. The van der Waals surface area contributed by atoms with Gasteiger partial charge in [-0.2, -0.15) is 0 Å². The molecule has 0 bridgehead atoms. The van der Waals surface area contributed by atoms with E-state index in [-0.39, 0.29) is 17.9 Å². The minimum Gasteiger partial charge on any atom is -0.355 e. The first-order chi connectivity index (χ1) is 12.5. The van der Waals surface area contributed by atoms with E-state index in [4.69, 9.17) is 0 Å². The summed E-state index contributed by atoms with van der Waals surface area (Å²) in [5.74, 6) is 0.0283. The Morgan fingerprint density at radius 2 is 1.85 bits per heavy atom. The molecule has 0 saturated carbocycles. The quantitative estimate of drug-likeness (QED) is 0.900. The lowest BCUT2D eigenvalue weighted by atomic mass is 10.1. The molecule has 26 heavy (non-hydrogen) atoms. The number of benzene rings is 2. The van der Waals surface area contributed by atoms with Gasteiger partial charge in [0.1, 0.15) is 0 Å². The second-order valence-electron chi connectivity index (χ2n) is 6.74. The van der Waals surface area contributed by atoms with Gasteiger partial charge < -0.3 is 10.2 Å². The van der Waals surface area contributed by atoms with Gasteiger partial charge in [-0.3, -0.25) is 14.5 Å². The van der Waals surface area contributed by atoms with Gasteiger partial charge in [-0.1, -0.05) is 30.3 Å². The van der Waals surface area contributed by atoms with Crippen LogP contribution in [0.4, 0.5) is 5.69 Å². The number of anilines is 1. The summed E-state index contributed by atoms with van der Waals surface area (Å²) in [6.45, 7) is 3.34. The third-order valence-electron chi connectivity index (χ3n) is 5.05. The van der Waals surface area contributed by atoms with E-state index in [0.717, 1.165) is 24.2 Å². The maximum atomic E-state index is 13.0. The lowest BCUT2D eigenvalue weighted by Gasteiger charge is -2.28. The minimum absolute atomic E-state index is 0.0962. The first-order valence-electron chi connectivity index (χ1n) is 8.92. The molecule has 0 fully saturated rings. The van der Waals surface area contributed by atoms with Crippen LogP contribution in [0.25, 0.3) is 0 Å². The van der Waals surface area contributed by atoms with Gasteiger partial charge in [-0.15, -0.1) is 0 Å². The summed E-state index contributed by atoms with van der Waals surface area (Å²) in [4.78, 5) is 28.5. The number of para-hydroxylation sites is 1. The third-order valence-corrected chi connectivity index (χ3v) is 5.05. The van der Waals surface area contributed by atoms with Crippen LogP contribution in [0.1, 0.15) is 28.4 Å². The summed E-state index contributed by atoms with van der Waals surface area (Å²) >= 11 is 0. The topological polar surface area (TPSA) is 52.7 Å². The maximum Gasteiger partial charge on any atom is 0.251 e. The number of carbonyl (C=O) groups excluding carboxylic acids is 2. The Morgan fingerprint density at radius 1 is 1.15 bits per heavy atom. The van der Waals surface area contributed by atoms with Crippen molar-refractivity contribution in [2.75, 3.05) is 25.5 Å². The van der Waals surface area contributed by atoms with E-state index in [9.17, 15) is 9.59 Å². The summed E-state index contributed by atoms with van der Waals surface area (Å²) in [5.41, 5.74) is 3.98. The molecule has 0 spiro atoms. The fourth-order valence-electron chi connectivity index (χ4n) is 3.31. The molecule has 2 aromatic rings. The van der Waals surface area contributed by atoms with E-state index in [1.165, 1.54) is 5.56 Å². The molecule has 1 unspecified atom stereocenters. The Balaban J connectivity index is 1.65. The summed E-state index contributed by atoms with van der Waals surface area (Å²) in [6, 6.07) is 15.4. The van der Waals surface area contributed by atoms with Gasteiger partial charge in [-0.25, -0.2) is 0 Å². The Hall–Kier alpha value is -2.66. The van der Waals surface area contributed by atoms with Crippen molar-refractivity contribution in [2.45, 2.75) is 25.9 Å². The summed E-state index contributed by atoms with van der Waals surface area (Å²) in [5, 5.41) is 2.61. The molecule has 136 valence electrons. The molecule has 2 aromatic carbocycles. The Labute approximate surface area is 154 Å². The van der Waals surface area contributed by atoms with E-state index in [0.29, 0.717) is 12.1 Å². The molecule has 1 heterocycles. The largest absolute Gasteiger partial charge is 0.355 e. The lowest BCUT2D eigenvalue weighted by molar-refractivity contribution is -0.122. The van der Waals surface area contributed by atoms with Crippen molar-refractivity contribution < 1.29 is 9.59 Å². The van der Waals surface area contributed by atoms with Crippen LogP contribution in [0.5, 0.6) is 0 Å². The summed E-state index contributed by atoms with van der Waals surface area (Å²) in [6.07, 6.45) is 0.916. The number of amides is 2. The van der Waals surface area contributed by atoms with Gasteiger partial charge in [0.05, 0.1) is 6.04 Å². The van der Waals surface area contributed by atoms with Crippen LogP contribution in [0.3, 0.4) is 0 Å². The number of rotatable bonds is 5. The SMILES string of the molecule is CNC(=O)c1ccc(CN(C)C(C)C(=O)N2CCc3ccccc32)cc1. The van der Waals surface area contributed by atoms with Crippen LogP contribution in [-0.2, 0) is 17.8 Å². The minimum atomic E-state index is -0.222.